The number of nitrogens with zero attached hydrogens (tertiary/aromatic N) is 2. The molecule has 2 aromatic rings. The van der Waals surface area contributed by atoms with Crippen molar-refractivity contribution in [1.29, 1.82) is 0 Å². The van der Waals surface area contributed by atoms with Crippen LogP contribution in [0.4, 0.5) is 5.82 Å². The van der Waals surface area contributed by atoms with Crippen molar-refractivity contribution in [2.24, 2.45) is 0 Å². The zero-order valence-corrected chi connectivity index (χ0v) is 14.0. The van der Waals surface area contributed by atoms with Gasteiger partial charge in [-0.25, -0.2) is 9.97 Å². The maximum absolute atomic E-state index is 6.00. The number of anilines is 1. The zero-order chi connectivity index (χ0) is 13.3. The molecule has 0 bridgehead atoms. The van der Waals surface area contributed by atoms with Crippen LogP contribution in [0.1, 0.15) is 5.69 Å². The molecule has 2 rings (SSSR count). The van der Waals surface area contributed by atoms with Gasteiger partial charge in [-0.05, 0) is 37.9 Å². The quantitative estimate of drug-likeness (QED) is 0.823. The lowest BCUT2D eigenvalue weighted by molar-refractivity contribution is 0.181. The van der Waals surface area contributed by atoms with Crippen molar-refractivity contribution >= 4 is 60.6 Å². The number of aromatic nitrogens is 2. The average Bonchev–Trinajstić information content (AvgIpc) is 2.65. The Morgan fingerprint density at radius 2 is 2.17 bits per heavy atom. The first-order valence-corrected chi connectivity index (χ1v) is 7.57. The first kappa shape index (κ1) is 14.2. The van der Waals surface area contributed by atoms with Gasteiger partial charge in [0.1, 0.15) is 10.2 Å². The van der Waals surface area contributed by atoms with Gasteiger partial charge in [-0.1, -0.05) is 11.6 Å². The highest BCUT2D eigenvalue weighted by molar-refractivity contribution is 9.11. The number of ether oxygens (including phenoxy) is 1. The Kier molecular flexibility index (Phi) is 4.60. The normalized spacial score (nSPS) is 10.9. The smallest absolute Gasteiger partial charge is 0.172 e. The number of nitrogens with two attached hydrogens (primary N) is 1. The maximum atomic E-state index is 6.00. The SMILES string of the molecule is COCc1nc(-c2cc(Br)c(Cl)s2)nc(N)c1Br. The first-order valence-electron chi connectivity index (χ1n) is 4.79. The molecule has 0 atom stereocenters. The predicted molar refractivity (Wildman–Crippen MR) is 80.9 cm³/mol. The summed E-state index contributed by atoms with van der Waals surface area (Å²) in [5.41, 5.74) is 6.55. The van der Waals surface area contributed by atoms with Crippen molar-refractivity contribution in [2.45, 2.75) is 6.61 Å². The highest BCUT2D eigenvalue weighted by Crippen LogP contribution is 2.37. The molecule has 0 aliphatic rings. The largest absolute Gasteiger partial charge is 0.383 e. The molecule has 0 unspecified atom stereocenters. The summed E-state index contributed by atoms with van der Waals surface area (Å²) in [6.45, 7) is 0.362. The molecule has 18 heavy (non-hydrogen) atoms. The fourth-order valence-electron chi connectivity index (χ4n) is 1.31. The summed E-state index contributed by atoms with van der Waals surface area (Å²) in [5.74, 6) is 0.924. The van der Waals surface area contributed by atoms with Crippen LogP contribution in [0.15, 0.2) is 15.0 Å². The Labute approximate surface area is 130 Å². The molecule has 0 amide bonds. The molecule has 0 aromatic carbocycles. The fraction of sp³-hybridized carbons (Fsp3) is 0.200. The van der Waals surface area contributed by atoms with E-state index in [-0.39, 0.29) is 0 Å². The van der Waals surface area contributed by atoms with Crippen molar-refractivity contribution in [1.82, 2.24) is 9.97 Å². The summed E-state index contributed by atoms with van der Waals surface area (Å²) in [5, 5.41) is 0. The maximum Gasteiger partial charge on any atom is 0.172 e. The van der Waals surface area contributed by atoms with Crippen molar-refractivity contribution in [3.63, 3.8) is 0 Å². The van der Waals surface area contributed by atoms with Crippen LogP contribution in [0.25, 0.3) is 10.7 Å². The van der Waals surface area contributed by atoms with Crippen molar-refractivity contribution in [3.05, 3.63) is 25.0 Å². The van der Waals surface area contributed by atoms with Crippen LogP contribution in [0.2, 0.25) is 4.34 Å². The van der Waals surface area contributed by atoms with E-state index >= 15 is 0 Å². The van der Waals surface area contributed by atoms with Gasteiger partial charge >= 0.3 is 0 Å². The molecule has 0 saturated carbocycles. The van der Waals surface area contributed by atoms with E-state index in [0.29, 0.717) is 32.8 Å². The van der Waals surface area contributed by atoms with Gasteiger partial charge in [-0.15, -0.1) is 11.3 Å². The van der Waals surface area contributed by atoms with Crippen molar-refractivity contribution in [2.75, 3.05) is 12.8 Å². The van der Waals surface area contributed by atoms with E-state index in [1.54, 1.807) is 7.11 Å². The molecule has 0 fully saturated rings. The molecule has 2 aromatic heterocycles. The van der Waals surface area contributed by atoms with Crippen molar-refractivity contribution < 1.29 is 4.74 Å². The molecule has 0 saturated heterocycles. The Hall–Kier alpha value is -0.210. The molecule has 96 valence electrons. The molecule has 0 radical (unpaired) electrons. The number of hydrogen-bond donors (Lipinski definition) is 1. The second-order valence-electron chi connectivity index (χ2n) is 3.36. The number of halogens is 3. The van der Waals surface area contributed by atoms with E-state index in [2.05, 4.69) is 41.8 Å². The van der Waals surface area contributed by atoms with Gasteiger partial charge < -0.3 is 10.5 Å². The lowest BCUT2D eigenvalue weighted by atomic mass is 10.3. The Morgan fingerprint density at radius 3 is 2.72 bits per heavy atom. The van der Waals surface area contributed by atoms with Gasteiger partial charge in [-0.2, -0.15) is 0 Å². The van der Waals surface area contributed by atoms with E-state index in [4.69, 9.17) is 22.1 Å². The predicted octanol–water partition coefficient (Wildman–Crippen LogP) is 4.11. The number of rotatable bonds is 3. The summed E-state index contributed by atoms with van der Waals surface area (Å²) in [6.07, 6.45) is 0. The van der Waals surface area contributed by atoms with E-state index < -0.39 is 0 Å². The molecular weight excluding hydrogens is 405 g/mol. The van der Waals surface area contributed by atoms with E-state index in [0.717, 1.165) is 9.35 Å². The summed E-state index contributed by atoms with van der Waals surface area (Å²) in [7, 11) is 1.60. The lowest BCUT2D eigenvalue weighted by Gasteiger charge is -2.07. The van der Waals surface area contributed by atoms with Crippen LogP contribution in [-0.4, -0.2) is 17.1 Å². The van der Waals surface area contributed by atoms with Gasteiger partial charge in [0.2, 0.25) is 0 Å². The monoisotopic (exact) mass is 411 g/mol. The Bertz CT molecular complexity index is 571. The minimum absolute atomic E-state index is 0.362. The van der Waals surface area contributed by atoms with Gasteiger partial charge in [0.25, 0.3) is 0 Å². The van der Waals surface area contributed by atoms with E-state index in [9.17, 15) is 0 Å². The Balaban J connectivity index is 2.51. The lowest BCUT2D eigenvalue weighted by Crippen LogP contribution is -2.03. The standard InChI is InChI=1S/C10H8Br2ClN3OS/c1-17-3-5-7(12)9(14)16-10(15-5)6-2-4(11)8(13)18-6/h2H,3H2,1H3,(H2,14,15,16). The van der Waals surface area contributed by atoms with Gasteiger partial charge in [0, 0.05) is 11.6 Å². The second kappa shape index (κ2) is 5.83. The molecular formula is C10H8Br2ClN3OS. The summed E-state index contributed by atoms with van der Waals surface area (Å²) >= 11 is 14.1. The van der Waals surface area contributed by atoms with Gasteiger partial charge in [-0.3, -0.25) is 0 Å². The number of nitrogen functional groups attached to an aromatic ring is 1. The molecule has 8 heteroatoms. The minimum Gasteiger partial charge on any atom is -0.383 e. The first-order chi connectivity index (χ1) is 8.52. The third-order valence-electron chi connectivity index (χ3n) is 2.09. The fourth-order valence-corrected chi connectivity index (χ4v) is 3.24. The van der Waals surface area contributed by atoms with Crippen LogP contribution < -0.4 is 5.73 Å². The molecule has 0 aliphatic heterocycles. The molecule has 2 heterocycles. The van der Waals surface area contributed by atoms with Crippen LogP contribution in [-0.2, 0) is 11.3 Å². The van der Waals surface area contributed by atoms with Gasteiger partial charge in [0.05, 0.1) is 21.7 Å². The van der Waals surface area contributed by atoms with Gasteiger partial charge in [0.15, 0.2) is 5.82 Å². The molecule has 0 spiro atoms. The number of methoxy groups -OCH3 is 1. The second-order valence-corrected chi connectivity index (χ2v) is 6.66. The molecule has 0 aliphatic carbocycles. The summed E-state index contributed by atoms with van der Waals surface area (Å²) < 4.78 is 7.22. The number of hydrogen-bond acceptors (Lipinski definition) is 5. The molecule has 2 N–H and O–H groups in total. The molecule has 4 nitrogen and oxygen atoms in total. The third-order valence-corrected chi connectivity index (χ3v) is 5.43. The zero-order valence-electron chi connectivity index (χ0n) is 9.21. The van der Waals surface area contributed by atoms with E-state index in [1.807, 2.05) is 6.07 Å². The van der Waals surface area contributed by atoms with Crippen LogP contribution in [0.5, 0.6) is 0 Å². The third kappa shape index (κ3) is 2.85. The van der Waals surface area contributed by atoms with Crippen molar-refractivity contribution in [3.8, 4) is 10.7 Å². The summed E-state index contributed by atoms with van der Waals surface area (Å²) in [4.78, 5) is 9.50. The minimum atomic E-state index is 0.362. The average molecular weight is 414 g/mol. The highest BCUT2D eigenvalue weighted by Gasteiger charge is 2.14. The topological polar surface area (TPSA) is 61.0 Å². The van der Waals surface area contributed by atoms with E-state index in [1.165, 1.54) is 11.3 Å². The Morgan fingerprint density at radius 1 is 1.44 bits per heavy atom. The summed E-state index contributed by atoms with van der Waals surface area (Å²) in [6, 6.07) is 1.87. The van der Waals surface area contributed by atoms with Crippen LogP contribution >= 0.6 is 54.8 Å². The number of thiophene rings is 1. The van der Waals surface area contributed by atoms with Crippen LogP contribution in [0.3, 0.4) is 0 Å². The highest BCUT2D eigenvalue weighted by atomic mass is 79.9. The van der Waals surface area contributed by atoms with Crippen LogP contribution in [0, 0.1) is 0 Å².